The number of hydrogen-bond donors (Lipinski definition) is 1. The lowest BCUT2D eigenvalue weighted by Crippen LogP contribution is -2.36. The van der Waals surface area contributed by atoms with E-state index in [1.54, 1.807) is 0 Å². The maximum atomic E-state index is 3.62. The van der Waals surface area contributed by atoms with E-state index in [9.17, 15) is 0 Å². The Labute approximate surface area is 128 Å². The molecule has 2 nitrogen and oxygen atoms in total. The normalized spacial score (nSPS) is 19.4. The van der Waals surface area contributed by atoms with E-state index >= 15 is 0 Å². The molecule has 0 spiro atoms. The van der Waals surface area contributed by atoms with E-state index in [0.717, 1.165) is 6.54 Å². The second-order valence-corrected chi connectivity index (χ2v) is 8.01. The minimum atomic E-state index is 0.156. The van der Waals surface area contributed by atoms with Crippen LogP contribution in [-0.4, -0.2) is 30.1 Å². The van der Waals surface area contributed by atoms with Crippen LogP contribution in [0, 0.1) is 6.92 Å². The zero-order valence-corrected chi connectivity index (χ0v) is 14.3. The highest BCUT2D eigenvalue weighted by Gasteiger charge is 2.22. The molecule has 1 heterocycles. The summed E-state index contributed by atoms with van der Waals surface area (Å²) in [5.41, 5.74) is 4.30. The van der Waals surface area contributed by atoms with Crippen LogP contribution < -0.4 is 10.2 Å². The first-order chi connectivity index (χ1) is 9.37. The van der Waals surface area contributed by atoms with Gasteiger partial charge in [0.25, 0.3) is 0 Å². The molecule has 0 aromatic heterocycles. The van der Waals surface area contributed by atoms with Crippen molar-refractivity contribution in [1.29, 1.82) is 0 Å². The number of benzene rings is 1. The minimum absolute atomic E-state index is 0.156. The fourth-order valence-electron chi connectivity index (χ4n) is 2.58. The van der Waals surface area contributed by atoms with Crippen LogP contribution in [-0.2, 0) is 6.54 Å². The molecule has 1 aliphatic heterocycles. The van der Waals surface area contributed by atoms with E-state index in [2.05, 4.69) is 74.9 Å². The Kier molecular flexibility index (Phi) is 5.03. The van der Waals surface area contributed by atoms with E-state index in [1.165, 1.54) is 34.7 Å². The molecule has 0 saturated carbocycles. The van der Waals surface area contributed by atoms with Crippen molar-refractivity contribution in [2.75, 3.05) is 23.5 Å². The Morgan fingerprint density at radius 2 is 2.10 bits per heavy atom. The van der Waals surface area contributed by atoms with Gasteiger partial charge < -0.3 is 10.2 Å². The molecule has 0 radical (unpaired) electrons. The average molecular weight is 292 g/mol. The third-order valence-corrected chi connectivity index (χ3v) is 5.02. The van der Waals surface area contributed by atoms with Gasteiger partial charge in [0.1, 0.15) is 0 Å². The van der Waals surface area contributed by atoms with E-state index in [-0.39, 0.29) is 5.54 Å². The summed E-state index contributed by atoms with van der Waals surface area (Å²) in [4.78, 5) is 2.49. The Hall–Kier alpha value is -0.670. The van der Waals surface area contributed by atoms with E-state index in [0.29, 0.717) is 6.04 Å². The van der Waals surface area contributed by atoms with Crippen LogP contribution in [0.2, 0.25) is 0 Å². The molecule has 2 rings (SSSR count). The van der Waals surface area contributed by atoms with E-state index in [1.807, 2.05) is 0 Å². The van der Waals surface area contributed by atoms with Gasteiger partial charge in [0.05, 0.1) is 0 Å². The molecule has 1 aromatic rings. The quantitative estimate of drug-likeness (QED) is 0.908. The second-order valence-electron chi connectivity index (χ2n) is 6.86. The standard InChI is InChI=1S/C17H28N2S/c1-13-6-7-16(19(5)15-8-9-20-12-15)14(10-13)11-18-17(2,3)4/h6-7,10,15,18H,8-9,11-12H2,1-5H3. The number of thioether (sulfide) groups is 1. The first-order valence-electron chi connectivity index (χ1n) is 7.52. The summed E-state index contributed by atoms with van der Waals surface area (Å²) in [5.74, 6) is 2.56. The van der Waals surface area contributed by atoms with Crippen molar-refractivity contribution in [2.45, 2.75) is 52.2 Å². The smallest absolute Gasteiger partial charge is 0.0412 e. The molecular formula is C17H28N2S. The van der Waals surface area contributed by atoms with Crippen LogP contribution in [0.25, 0.3) is 0 Å². The van der Waals surface area contributed by atoms with Crippen LogP contribution in [0.3, 0.4) is 0 Å². The summed E-state index contributed by atoms with van der Waals surface area (Å²) >= 11 is 2.07. The summed E-state index contributed by atoms with van der Waals surface area (Å²) in [6.07, 6.45) is 1.31. The van der Waals surface area contributed by atoms with Gasteiger partial charge in [0.15, 0.2) is 0 Å². The average Bonchev–Trinajstić information content (AvgIpc) is 2.88. The Morgan fingerprint density at radius 1 is 1.35 bits per heavy atom. The van der Waals surface area contributed by atoms with Gasteiger partial charge in [-0.1, -0.05) is 17.7 Å². The monoisotopic (exact) mass is 292 g/mol. The van der Waals surface area contributed by atoms with Crippen LogP contribution in [0.5, 0.6) is 0 Å². The van der Waals surface area contributed by atoms with Crippen molar-refractivity contribution in [3.05, 3.63) is 29.3 Å². The zero-order valence-electron chi connectivity index (χ0n) is 13.5. The first kappa shape index (κ1) is 15.7. The fraction of sp³-hybridized carbons (Fsp3) is 0.647. The molecule has 1 unspecified atom stereocenters. The van der Waals surface area contributed by atoms with Gasteiger partial charge in [-0.2, -0.15) is 11.8 Å². The molecule has 1 atom stereocenters. The molecule has 0 aliphatic carbocycles. The van der Waals surface area contributed by atoms with Gasteiger partial charge in [-0.05, 0) is 51.5 Å². The summed E-state index contributed by atoms with van der Waals surface area (Å²) in [7, 11) is 2.25. The van der Waals surface area contributed by atoms with Crippen molar-refractivity contribution in [3.8, 4) is 0 Å². The molecule has 0 amide bonds. The lowest BCUT2D eigenvalue weighted by molar-refractivity contribution is 0.424. The number of nitrogens with one attached hydrogen (secondary N) is 1. The summed E-state index contributed by atoms with van der Waals surface area (Å²) in [5, 5.41) is 3.62. The number of anilines is 1. The Balaban J connectivity index is 2.18. The number of hydrogen-bond acceptors (Lipinski definition) is 3. The van der Waals surface area contributed by atoms with Crippen LogP contribution in [0.4, 0.5) is 5.69 Å². The lowest BCUT2D eigenvalue weighted by Gasteiger charge is -2.30. The Bertz CT molecular complexity index is 445. The molecule has 1 N–H and O–H groups in total. The third-order valence-electron chi connectivity index (χ3n) is 3.88. The fourth-order valence-corrected chi connectivity index (χ4v) is 3.85. The minimum Gasteiger partial charge on any atom is -0.370 e. The molecule has 20 heavy (non-hydrogen) atoms. The van der Waals surface area contributed by atoms with Crippen LogP contribution in [0.15, 0.2) is 18.2 Å². The van der Waals surface area contributed by atoms with Crippen molar-refractivity contribution in [2.24, 2.45) is 0 Å². The van der Waals surface area contributed by atoms with Gasteiger partial charge in [-0.3, -0.25) is 0 Å². The molecule has 1 aliphatic rings. The summed E-state index contributed by atoms with van der Waals surface area (Å²) < 4.78 is 0. The zero-order chi connectivity index (χ0) is 14.8. The van der Waals surface area contributed by atoms with Crippen molar-refractivity contribution < 1.29 is 0 Å². The third kappa shape index (κ3) is 4.16. The van der Waals surface area contributed by atoms with Crippen molar-refractivity contribution in [1.82, 2.24) is 5.32 Å². The summed E-state index contributed by atoms with van der Waals surface area (Å²) in [6, 6.07) is 7.54. The lowest BCUT2D eigenvalue weighted by atomic mass is 10.0. The topological polar surface area (TPSA) is 15.3 Å². The van der Waals surface area contributed by atoms with Gasteiger partial charge in [-0.25, -0.2) is 0 Å². The van der Waals surface area contributed by atoms with Crippen LogP contribution >= 0.6 is 11.8 Å². The Morgan fingerprint density at radius 3 is 2.70 bits per heavy atom. The largest absolute Gasteiger partial charge is 0.370 e. The molecule has 1 fully saturated rings. The molecule has 0 bridgehead atoms. The summed E-state index contributed by atoms with van der Waals surface area (Å²) in [6.45, 7) is 9.78. The van der Waals surface area contributed by atoms with Gasteiger partial charge >= 0.3 is 0 Å². The number of nitrogens with zero attached hydrogens (tertiary/aromatic N) is 1. The molecule has 1 saturated heterocycles. The van der Waals surface area contributed by atoms with Crippen LogP contribution in [0.1, 0.15) is 38.3 Å². The molecule has 1 aromatic carbocycles. The van der Waals surface area contributed by atoms with E-state index in [4.69, 9.17) is 0 Å². The molecular weight excluding hydrogens is 264 g/mol. The van der Waals surface area contributed by atoms with Gasteiger partial charge in [0, 0.05) is 36.6 Å². The highest BCUT2D eigenvalue weighted by Crippen LogP contribution is 2.29. The van der Waals surface area contributed by atoms with E-state index < -0.39 is 0 Å². The predicted octanol–water partition coefficient (Wildman–Crippen LogP) is 3.82. The van der Waals surface area contributed by atoms with Crippen molar-refractivity contribution in [3.63, 3.8) is 0 Å². The van der Waals surface area contributed by atoms with Gasteiger partial charge in [-0.15, -0.1) is 0 Å². The number of aryl methyl sites for hydroxylation is 1. The molecule has 3 heteroatoms. The number of rotatable bonds is 4. The maximum absolute atomic E-state index is 3.62. The first-order valence-corrected chi connectivity index (χ1v) is 8.67. The maximum Gasteiger partial charge on any atom is 0.0412 e. The molecule has 112 valence electrons. The predicted molar refractivity (Wildman–Crippen MR) is 91.9 cm³/mol. The SMILES string of the molecule is Cc1ccc(N(C)C2CCSC2)c(CNC(C)(C)C)c1. The van der Waals surface area contributed by atoms with Gasteiger partial charge in [0.2, 0.25) is 0 Å². The highest BCUT2D eigenvalue weighted by atomic mass is 32.2. The second kappa shape index (κ2) is 6.40. The highest BCUT2D eigenvalue weighted by molar-refractivity contribution is 7.99. The van der Waals surface area contributed by atoms with Crippen molar-refractivity contribution >= 4 is 17.4 Å².